The lowest BCUT2D eigenvalue weighted by atomic mass is 9.87. The Hall–Kier alpha value is -3.13. The standard InChI is InChI=1S/C24H26N4O3S/c1-15-10-16(2)12-19(11-15)29-13-20-25-28-23(31-20)32-14-21-26-27-22(30-21)17-6-8-18(9-7-17)24(3,4)5/h6-12H,13-14H2,1-5H3. The lowest BCUT2D eigenvalue weighted by Crippen LogP contribution is -2.10. The van der Waals surface area contributed by atoms with Gasteiger partial charge in [0.1, 0.15) is 5.75 Å². The molecule has 0 amide bonds. The summed E-state index contributed by atoms with van der Waals surface area (Å²) in [7, 11) is 0. The third kappa shape index (κ3) is 5.56. The van der Waals surface area contributed by atoms with Gasteiger partial charge in [-0.25, -0.2) is 0 Å². The summed E-state index contributed by atoms with van der Waals surface area (Å²) in [4.78, 5) is 0. The number of benzene rings is 2. The zero-order chi connectivity index (χ0) is 22.7. The molecule has 0 atom stereocenters. The molecule has 0 saturated heterocycles. The number of ether oxygens (including phenoxy) is 1. The number of aromatic nitrogens is 4. The molecule has 0 spiro atoms. The quantitative estimate of drug-likeness (QED) is 0.321. The van der Waals surface area contributed by atoms with Crippen molar-refractivity contribution >= 4 is 11.8 Å². The third-order valence-electron chi connectivity index (χ3n) is 4.79. The van der Waals surface area contributed by atoms with Crippen molar-refractivity contribution in [2.24, 2.45) is 0 Å². The molecule has 0 fully saturated rings. The molecule has 166 valence electrons. The highest BCUT2D eigenvalue weighted by Crippen LogP contribution is 2.27. The van der Waals surface area contributed by atoms with Crippen molar-refractivity contribution in [3.05, 3.63) is 70.9 Å². The molecule has 2 heterocycles. The van der Waals surface area contributed by atoms with Crippen LogP contribution in [-0.4, -0.2) is 20.4 Å². The van der Waals surface area contributed by atoms with Gasteiger partial charge in [0.25, 0.3) is 11.1 Å². The van der Waals surface area contributed by atoms with Crippen molar-refractivity contribution in [2.75, 3.05) is 0 Å². The predicted octanol–water partition coefficient (Wildman–Crippen LogP) is 5.91. The van der Waals surface area contributed by atoms with Gasteiger partial charge < -0.3 is 13.6 Å². The average molecular weight is 451 g/mol. The van der Waals surface area contributed by atoms with E-state index in [-0.39, 0.29) is 12.0 Å². The molecule has 0 aliphatic rings. The van der Waals surface area contributed by atoms with Crippen LogP contribution in [0.15, 0.2) is 56.5 Å². The van der Waals surface area contributed by atoms with Crippen molar-refractivity contribution in [3.63, 3.8) is 0 Å². The van der Waals surface area contributed by atoms with Gasteiger partial charge in [-0.2, -0.15) is 0 Å². The Kier molecular flexibility index (Phi) is 6.32. The summed E-state index contributed by atoms with van der Waals surface area (Å²) in [6, 6.07) is 14.2. The molecular formula is C24H26N4O3S. The maximum absolute atomic E-state index is 5.79. The van der Waals surface area contributed by atoms with Crippen LogP contribution in [0, 0.1) is 13.8 Å². The van der Waals surface area contributed by atoms with Gasteiger partial charge in [0, 0.05) is 5.56 Å². The third-order valence-corrected chi connectivity index (χ3v) is 5.59. The summed E-state index contributed by atoms with van der Waals surface area (Å²) < 4.78 is 17.2. The van der Waals surface area contributed by atoms with Crippen LogP contribution in [0.25, 0.3) is 11.5 Å². The Bertz CT molecular complexity index is 1170. The van der Waals surface area contributed by atoms with E-state index in [2.05, 4.69) is 59.4 Å². The van der Waals surface area contributed by atoms with Crippen molar-refractivity contribution in [1.82, 2.24) is 20.4 Å². The minimum atomic E-state index is 0.0993. The Morgan fingerprint density at radius 2 is 1.53 bits per heavy atom. The average Bonchev–Trinajstić information content (AvgIpc) is 3.39. The molecule has 4 rings (SSSR count). The van der Waals surface area contributed by atoms with Gasteiger partial charge in [0.05, 0.1) is 5.75 Å². The lowest BCUT2D eigenvalue weighted by Gasteiger charge is -2.18. The van der Waals surface area contributed by atoms with Gasteiger partial charge in [-0.1, -0.05) is 50.7 Å². The van der Waals surface area contributed by atoms with Crippen LogP contribution in [0.4, 0.5) is 0 Å². The summed E-state index contributed by atoms with van der Waals surface area (Å²) >= 11 is 1.34. The largest absolute Gasteiger partial charge is 0.484 e. The summed E-state index contributed by atoms with van der Waals surface area (Å²) in [5.41, 5.74) is 4.54. The van der Waals surface area contributed by atoms with E-state index in [9.17, 15) is 0 Å². The molecule has 0 aliphatic heterocycles. The molecule has 7 nitrogen and oxygen atoms in total. The van der Waals surface area contributed by atoms with Crippen LogP contribution in [0.3, 0.4) is 0 Å². The smallest absolute Gasteiger partial charge is 0.277 e. The molecule has 0 aliphatic carbocycles. The highest BCUT2D eigenvalue weighted by atomic mass is 32.2. The molecule has 0 unspecified atom stereocenters. The lowest BCUT2D eigenvalue weighted by molar-refractivity contribution is 0.252. The van der Waals surface area contributed by atoms with Crippen molar-refractivity contribution in [1.29, 1.82) is 0 Å². The number of nitrogens with zero attached hydrogens (tertiary/aromatic N) is 4. The van der Waals surface area contributed by atoms with Crippen LogP contribution >= 0.6 is 11.8 Å². The highest BCUT2D eigenvalue weighted by molar-refractivity contribution is 7.98. The minimum Gasteiger partial charge on any atom is -0.484 e. The number of rotatable bonds is 7. The van der Waals surface area contributed by atoms with E-state index in [4.69, 9.17) is 13.6 Å². The van der Waals surface area contributed by atoms with E-state index in [0.29, 0.717) is 28.6 Å². The topological polar surface area (TPSA) is 87.1 Å². The number of thioether (sulfide) groups is 1. The second-order valence-corrected chi connectivity index (χ2v) is 9.62. The summed E-state index contributed by atoms with van der Waals surface area (Å²) in [5, 5.41) is 16.8. The molecule has 0 saturated carbocycles. The van der Waals surface area contributed by atoms with E-state index in [1.165, 1.54) is 17.3 Å². The molecule has 2 aromatic heterocycles. The molecule has 0 bridgehead atoms. The van der Waals surface area contributed by atoms with Gasteiger partial charge in [-0.05, 0) is 60.2 Å². The maximum atomic E-state index is 5.79. The summed E-state index contributed by atoms with van der Waals surface area (Å²) in [6.45, 7) is 10.8. The molecule has 8 heteroatoms. The molecule has 32 heavy (non-hydrogen) atoms. The van der Waals surface area contributed by atoms with Gasteiger partial charge in [0.2, 0.25) is 11.8 Å². The first-order chi connectivity index (χ1) is 15.3. The monoisotopic (exact) mass is 450 g/mol. The van der Waals surface area contributed by atoms with E-state index < -0.39 is 0 Å². The minimum absolute atomic E-state index is 0.0993. The summed E-state index contributed by atoms with van der Waals surface area (Å²) in [6.07, 6.45) is 0. The SMILES string of the molecule is Cc1cc(C)cc(OCc2nnc(SCc3nnc(-c4ccc(C(C)(C)C)cc4)o3)o2)c1. The number of hydrogen-bond donors (Lipinski definition) is 0. The van der Waals surface area contributed by atoms with Gasteiger partial charge in [-0.3, -0.25) is 0 Å². The molecule has 0 N–H and O–H groups in total. The van der Waals surface area contributed by atoms with E-state index in [1.54, 1.807) is 0 Å². The van der Waals surface area contributed by atoms with E-state index in [0.717, 1.165) is 22.4 Å². The molecule has 2 aromatic carbocycles. The first-order valence-corrected chi connectivity index (χ1v) is 11.3. The first kappa shape index (κ1) is 22.1. The van der Waals surface area contributed by atoms with Crippen LogP contribution < -0.4 is 4.74 Å². The van der Waals surface area contributed by atoms with Crippen molar-refractivity contribution in [3.8, 4) is 17.2 Å². The Morgan fingerprint density at radius 3 is 2.22 bits per heavy atom. The van der Waals surface area contributed by atoms with E-state index in [1.807, 2.05) is 38.1 Å². The fraction of sp³-hybridized carbons (Fsp3) is 0.333. The number of aryl methyl sites for hydroxylation is 2. The number of hydrogen-bond acceptors (Lipinski definition) is 8. The van der Waals surface area contributed by atoms with Crippen molar-refractivity contribution < 1.29 is 13.6 Å². The second-order valence-electron chi connectivity index (χ2n) is 8.69. The Balaban J connectivity index is 1.32. The van der Waals surface area contributed by atoms with Crippen LogP contribution in [0.5, 0.6) is 5.75 Å². The fourth-order valence-electron chi connectivity index (χ4n) is 3.18. The predicted molar refractivity (Wildman–Crippen MR) is 123 cm³/mol. The second kappa shape index (κ2) is 9.16. The van der Waals surface area contributed by atoms with Crippen LogP contribution in [0.2, 0.25) is 0 Å². The van der Waals surface area contributed by atoms with Gasteiger partial charge >= 0.3 is 0 Å². The maximum Gasteiger partial charge on any atom is 0.277 e. The van der Waals surface area contributed by atoms with Crippen molar-refractivity contribution in [2.45, 2.75) is 57.6 Å². The van der Waals surface area contributed by atoms with Gasteiger partial charge in [0.15, 0.2) is 6.61 Å². The van der Waals surface area contributed by atoms with E-state index >= 15 is 0 Å². The highest BCUT2D eigenvalue weighted by Gasteiger charge is 2.15. The molecule has 0 radical (unpaired) electrons. The fourth-order valence-corrected chi connectivity index (χ4v) is 3.80. The normalized spacial score (nSPS) is 11.7. The first-order valence-electron chi connectivity index (χ1n) is 10.4. The molecular weight excluding hydrogens is 424 g/mol. The summed E-state index contributed by atoms with van der Waals surface area (Å²) in [5.74, 6) is 2.62. The van der Waals surface area contributed by atoms with Crippen LogP contribution in [0.1, 0.15) is 49.2 Å². The Labute approximate surface area is 191 Å². The zero-order valence-electron chi connectivity index (χ0n) is 18.9. The molecule has 4 aromatic rings. The van der Waals surface area contributed by atoms with Gasteiger partial charge in [-0.15, -0.1) is 20.4 Å². The Morgan fingerprint density at radius 1 is 0.844 bits per heavy atom. The zero-order valence-corrected chi connectivity index (χ0v) is 19.7. The van der Waals surface area contributed by atoms with Crippen LogP contribution in [-0.2, 0) is 17.8 Å².